The number of hydrogen-bond acceptors (Lipinski definition) is 7. The minimum absolute atomic E-state index is 0.120. The number of anilines is 1. The summed E-state index contributed by atoms with van der Waals surface area (Å²) in [4.78, 5) is 32.5. The summed E-state index contributed by atoms with van der Waals surface area (Å²) in [6.45, 7) is 0. The van der Waals surface area contributed by atoms with Crippen LogP contribution in [0, 0.1) is 0 Å². The molecule has 3 N–H and O–H groups in total. The van der Waals surface area contributed by atoms with Crippen molar-refractivity contribution < 1.29 is 4.74 Å². The van der Waals surface area contributed by atoms with E-state index in [0.717, 1.165) is 19.3 Å². The number of H-pyrrole nitrogens is 1. The molecule has 10 heteroatoms. The molecule has 0 radical (unpaired) electrons. The lowest BCUT2D eigenvalue weighted by molar-refractivity contribution is 0.397. The standard InChI is InChI=1S/C22H22ClN7O2/c1-29-21(31)17-12(11-4-5-14-19(18(11)23)27-16(32-2)9-25-14)8-26-20(17)28-22(29)30-10-3-6-15(30)13(24)7-10/h4-5,8-10,13,15,26H,3,6-7,24H2,1-2H3/t10-,13+,15+/m0/s1. The molecule has 2 bridgehead atoms. The molecule has 164 valence electrons. The summed E-state index contributed by atoms with van der Waals surface area (Å²) in [5, 5.41) is 0.897. The van der Waals surface area contributed by atoms with E-state index in [2.05, 4.69) is 19.9 Å². The van der Waals surface area contributed by atoms with E-state index in [1.54, 1.807) is 24.0 Å². The number of benzene rings is 1. The molecular formula is C22H22ClN7O2. The molecule has 0 aliphatic carbocycles. The van der Waals surface area contributed by atoms with Gasteiger partial charge in [0.2, 0.25) is 11.8 Å². The minimum atomic E-state index is -0.131. The maximum absolute atomic E-state index is 13.5. The molecule has 3 aromatic heterocycles. The zero-order valence-electron chi connectivity index (χ0n) is 17.7. The molecule has 2 fully saturated rings. The molecule has 5 heterocycles. The highest BCUT2D eigenvalue weighted by Gasteiger charge is 2.46. The summed E-state index contributed by atoms with van der Waals surface area (Å²) in [7, 11) is 3.29. The van der Waals surface area contributed by atoms with Crippen molar-refractivity contribution in [3.63, 3.8) is 0 Å². The molecule has 0 unspecified atom stereocenters. The van der Waals surface area contributed by atoms with Gasteiger partial charge in [-0.25, -0.2) is 9.97 Å². The van der Waals surface area contributed by atoms with Crippen molar-refractivity contribution in [3.8, 4) is 17.0 Å². The van der Waals surface area contributed by atoms with E-state index >= 15 is 0 Å². The van der Waals surface area contributed by atoms with Crippen LogP contribution in [0.3, 0.4) is 0 Å². The smallest absolute Gasteiger partial charge is 0.264 e. The Bertz CT molecular complexity index is 1450. The third kappa shape index (κ3) is 2.61. The molecule has 0 amide bonds. The van der Waals surface area contributed by atoms with E-state index in [1.165, 1.54) is 7.11 Å². The summed E-state index contributed by atoms with van der Waals surface area (Å²) >= 11 is 6.73. The fourth-order valence-electron chi connectivity index (χ4n) is 5.28. The molecule has 0 saturated carbocycles. The molecule has 32 heavy (non-hydrogen) atoms. The number of halogens is 1. The van der Waals surface area contributed by atoms with Crippen LogP contribution in [0.4, 0.5) is 5.95 Å². The van der Waals surface area contributed by atoms with Crippen LogP contribution in [-0.4, -0.2) is 49.7 Å². The molecule has 6 rings (SSSR count). The molecule has 2 aliphatic rings. The van der Waals surface area contributed by atoms with Gasteiger partial charge in [-0.2, -0.15) is 4.98 Å². The zero-order valence-corrected chi connectivity index (χ0v) is 18.4. The van der Waals surface area contributed by atoms with Gasteiger partial charge in [-0.15, -0.1) is 0 Å². The third-order valence-corrected chi connectivity index (χ3v) is 7.22. The molecule has 3 atom stereocenters. The number of aromatic nitrogens is 5. The summed E-state index contributed by atoms with van der Waals surface area (Å²) < 4.78 is 6.82. The number of nitrogens with two attached hydrogens (primary N) is 1. The van der Waals surface area contributed by atoms with Gasteiger partial charge in [-0.3, -0.25) is 9.36 Å². The summed E-state index contributed by atoms with van der Waals surface area (Å²) in [5.41, 5.74) is 9.24. The lowest BCUT2D eigenvalue weighted by atomic mass is 9.97. The van der Waals surface area contributed by atoms with Crippen molar-refractivity contribution in [3.05, 3.63) is 39.9 Å². The minimum Gasteiger partial charge on any atom is -0.480 e. The number of aromatic amines is 1. The summed E-state index contributed by atoms with van der Waals surface area (Å²) in [5.74, 6) is 1.03. The van der Waals surface area contributed by atoms with E-state index in [0.29, 0.717) is 56.1 Å². The predicted molar refractivity (Wildman–Crippen MR) is 123 cm³/mol. The first kappa shape index (κ1) is 19.5. The van der Waals surface area contributed by atoms with Gasteiger partial charge in [0.15, 0.2) is 0 Å². The van der Waals surface area contributed by atoms with Gasteiger partial charge < -0.3 is 20.4 Å². The monoisotopic (exact) mass is 451 g/mol. The molecular weight excluding hydrogens is 430 g/mol. The fourth-order valence-corrected chi connectivity index (χ4v) is 5.58. The van der Waals surface area contributed by atoms with Crippen LogP contribution in [0.15, 0.2) is 29.3 Å². The van der Waals surface area contributed by atoms with E-state index < -0.39 is 0 Å². The summed E-state index contributed by atoms with van der Waals surface area (Å²) in [6, 6.07) is 4.37. The Hall–Kier alpha value is -3.17. The highest BCUT2D eigenvalue weighted by atomic mass is 35.5. The van der Waals surface area contributed by atoms with Crippen molar-refractivity contribution in [2.24, 2.45) is 12.8 Å². The number of nitrogens with zero attached hydrogens (tertiary/aromatic N) is 5. The quantitative estimate of drug-likeness (QED) is 0.492. The lowest BCUT2D eigenvalue weighted by Gasteiger charge is -2.25. The van der Waals surface area contributed by atoms with Crippen molar-refractivity contribution in [2.45, 2.75) is 37.4 Å². The Balaban J connectivity index is 1.53. The Labute approximate surface area is 188 Å². The van der Waals surface area contributed by atoms with Crippen LogP contribution >= 0.6 is 11.6 Å². The molecule has 0 spiro atoms. The van der Waals surface area contributed by atoms with Gasteiger partial charge in [0, 0.05) is 42.5 Å². The van der Waals surface area contributed by atoms with Crippen molar-refractivity contribution in [1.82, 2.24) is 24.5 Å². The maximum atomic E-state index is 13.5. The van der Waals surface area contributed by atoms with Crippen molar-refractivity contribution in [2.75, 3.05) is 12.0 Å². The number of hydrogen-bond donors (Lipinski definition) is 2. The van der Waals surface area contributed by atoms with Crippen molar-refractivity contribution in [1.29, 1.82) is 0 Å². The van der Waals surface area contributed by atoms with Gasteiger partial charge in [-0.05, 0) is 25.3 Å². The molecule has 4 aromatic rings. The Kier molecular flexibility index (Phi) is 4.22. The number of fused-ring (bicyclic) bond motifs is 4. The van der Waals surface area contributed by atoms with Crippen LogP contribution in [-0.2, 0) is 7.05 Å². The summed E-state index contributed by atoms with van der Waals surface area (Å²) in [6.07, 6.45) is 6.37. The highest BCUT2D eigenvalue weighted by Crippen LogP contribution is 2.40. The third-order valence-electron chi connectivity index (χ3n) is 6.84. The topological polar surface area (TPSA) is 115 Å². The van der Waals surface area contributed by atoms with E-state index in [1.807, 2.05) is 12.1 Å². The number of nitrogens with one attached hydrogen (secondary N) is 1. The van der Waals surface area contributed by atoms with E-state index in [4.69, 9.17) is 27.1 Å². The van der Waals surface area contributed by atoms with Gasteiger partial charge in [0.25, 0.3) is 5.56 Å². The van der Waals surface area contributed by atoms with Gasteiger partial charge in [0.05, 0.1) is 29.2 Å². The molecule has 2 saturated heterocycles. The molecule has 1 aromatic carbocycles. The first-order chi connectivity index (χ1) is 15.5. The average molecular weight is 452 g/mol. The van der Waals surface area contributed by atoms with Gasteiger partial charge >= 0.3 is 0 Å². The van der Waals surface area contributed by atoms with Crippen LogP contribution in [0.5, 0.6) is 5.88 Å². The van der Waals surface area contributed by atoms with Crippen LogP contribution < -0.4 is 20.9 Å². The second kappa shape index (κ2) is 6.91. The number of ether oxygens (including phenoxy) is 1. The highest BCUT2D eigenvalue weighted by molar-refractivity contribution is 6.38. The van der Waals surface area contributed by atoms with Crippen LogP contribution in [0.25, 0.3) is 33.2 Å². The maximum Gasteiger partial charge on any atom is 0.264 e. The SMILES string of the molecule is COc1cnc2ccc(-c3c[nH]c4nc(N5[C@H]6CC[C@@H]5[C@H](N)C6)n(C)c(=O)c34)c(Cl)c2n1. The fraction of sp³-hybridized carbons (Fsp3) is 0.364. The first-order valence-corrected chi connectivity index (χ1v) is 11.0. The molecule has 9 nitrogen and oxygen atoms in total. The second-order valence-corrected chi connectivity index (χ2v) is 8.89. The van der Waals surface area contributed by atoms with Gasteiger partial charge in [-0.1, -0.05) is 17.7 Å². The van der Waals surface area contributed by atoms with Crippen LogP contribution in [0.1, 0.15) is 19.3 Å². The van der Waals surface area contributed by atoms with E-state index in [-0.39, 0.29) is 17.6 Å². The Morgan fingerprint density at radius 2 is 2.09 bits per heavy atom. The average Bonchev–Trinajstić information content (AvgIpc) is 3.48. The van der Waals surface area contributed by atoms with Crippen LogP contribution in [0.2, 0.25) is 5.02 Å². The second-order valence-electron chi connectivity index (χ2n) is 8.51. The largest absolute Gasteiger partial charge is 0.480 e. The number of methoxy groups -OCH3 is 1. The number of rotatable bonds is 3. The first-order valence-electron chi connectivity index (χ1n) is 10.6. The van der Waals surface area contributed by atoms with Crippen molar-refractivity contribution >= 4 is 39.6 Å². The Morgan fingerprint density at radius 1 is 1.25 bits per heavy atom. The zero-order chi connectivity index (χ0) is 22.1. The molecule has 2 aliphatic heterocycles. The predicted octanol–water partition coefficient (Wildman–Crippen LogP) is 2.60. The van der Waals surface area contributed by atoms with E-state index in [9.17, 15) is 4.79 Å². The van der Waals surface area contributed by atoms with Gasteiger partial charge in [0.1, 0.15) is 11.2 Å². The lowest BCUT2D eigenvalue weighted by Crippen LogP contribution is -2.40. The Morgan fingerprint density at radius 3 is 2.81 bits per heavy atom. The normalized spacial score (nSPS) is 22.4.